The lowest BCUT2D eigenvalue weighted by molar-refractivity contribution is -0.120. The molecule has 1 aliphatic rings. The van der Waals surface area contributed by atoms with E-state index in [2.05, 4.69) is 19.2 Å². The van der Waals surface area contributed by atoms with Gasteiger partial charge in [-0.05, 0) is 35.7 Å². The molecule has 1 aliphatic heterocycles. The maximum Gasteiger partial charge on any atom is 0.239 e. The third-order valence-electron chi connectivity index (χ3n) is 4.49. The number of nitrogens with one attached hydrogen (secondary N) is 1. The number of likely N-dealkylation sites (N-methyl/N-ethyl adjacent to an activating group) is 1. The molecule has 0 unspecified atom stereocenters. The molecule has 0 bridgehead atoms. The monoisotopic (exact) mass is 354 g/mol. The second-order valence-electron chi connectivity index (χ2n) is 6.88. The Labute approximate surface area is 154 Å². The number of hydrogen-bond acceptors (Lipinski definition) is 4. The normalized spacial score (nSPS) is 14.0. The van der Waals surface area contributed by atoms with Gasteiger partial charge in [-0.2, -0.15) is 0 Å². The molecule has 0 saturated carbocycles. The van der Waals surface area contributed by atoms with E-state index in [1.807, 2.05) is 60.5 Å². The molecule has 5 nitrogen and oxygen atoms in total. The van der Waals surface area contributed by atoms with E-state index in [4.69, 9.17) is 9.47 Å². The van der Waals surface area contributed by atoms with Crippen molar-refractivity contribution < 1.29 is 14.3 Å². The molecule has 138 valence electrons. The Balaban J connectivity index is 1.69. The van der Waals surface area contributed by atoms with Crippen LogP contribution in [-0.2, 0) is 4.79 Å². The zero-order valence-electron chi connectivity index (χ0n) is 15.6. The van der Waals surface area contributed by atoms with E-state index >= 15 is 0 Å². The van der Waals surface area contributed by atoms with E-state index in [-0.39, 0.29) is 17.9 Å². The van der Waals surface area contributed by atoms with Crippen molar-refractivity contribution in [1.29, 1.82) is 0 Å². The molecule has 2 aromatic rings. The summed E-state index contributed by atoms with van der Waals surface area (Å²) in [7, 11) is 1.92. The smallest absolute Gasteiger partial charge is 0.239 e. The maximum absolute atomic E-state index is 12.6. The highest BCUT2D eigenvalue weighted by Crippen LogP contribution is 2.34. The fourth-order valence-electron chi connectivity index (χ4n) is 3.10. The van der Waals surface area contributed by atoms with Crippen molar-refractivity contribution in [3.63, 3.8) is 0 Å². The minimum absolute atomic E-state index is 0.00931. The second-order valence-corrected chi connectivity index (χ2v) is 6.88. The van der Waals surface area contributed by atoms with Crippen LogP contribution in [0, 0.1) is 5.92 Å². The quantitative estimate of drug-likeness (QED) is 0.864. The first kappa shape index (κ1) is 18.1. The predicted octanol–water partition coefficient (Wildman–Crippen LogP) is 3.41. The molecule has 5 heteroatoms. The van der Waals surface area contributed by atoms with Crippen molar-refractivity contribution in [3.05, 3.63) is 54.1 Å². The number of anilines is 1. The predicted molar refractivity (Wildman–Crippen MR) is 103 cm³/mol. The van der Waals surface area contributed by atoms with Crippen molar-refractivity contribution in [2.24, 2.45) is 5.92 Å². The summed E-state index contributed by atoms with van der Waals surface area (Å²) in [5.74, 6) is 1.75. The van der Waals surface area contributed by atoms with E-state index in [0.717, 1.165) is 22.7 Å². The maximum atomic E-state index is 12.6. The Kier molecular flexibility index (Phi) is 5.66. The van der Waals surface area contributed by atoms with Gasteiger partial charge in [0, 0.05) is 12.7 Å². The summed E-state index contributed by atoms with van der Waals surface area (Å²) in [6.45, 7) is 5.63. The van der Waals surface area contributed by atoms with Gasteiger partial charge in [0.15, 0.2) is 11.5 Å². The highest BCUT2D eigenvalue weighted by molar-refractivity contribution is 5.81. The topological polar surface area (TPSA) is 50.8 Å². The van der Waals surface area contributed by atoms with E-state index in [0.29, 0.717) is 19.8 Å². The Morgan fingerprint density at radius 3 is 2.46 bits per heavy atom. The number of amides is 1. The molecule has 1 amide bonds. The van der Waals surface area contributed by atoms with Crippen LogP contribution in [0.4, 0.5) is 5.69 Å². The molecular weight excluding hydrogens is 328 g/mol. The average molecular weight is 354 g/mol. The van der Waals surface area contributed by atoms with Crippen molar-refractivity contribution >= 4 is 11.6 Å². The van der Waals surface area contributed by atoms with Crippen LogP contribution in [-0.4, -0.2) is 32.7 Å². The Morgan fingerprint density at radius 1 is 1.08 bits per heavy atom. The minimum atomic E-state index is -0.0810. The van der Waals surface area contributed by atoms with Gasteiger partial charge in [-0.15, -0.1) is 0 Å². The van der Waals surface area contributed by atoms with Crippen LogP contribution < -0.4 is 19.7 Å². The van der Waals surface area contributed by atoms with Crippen molar-refractivity contribution in [2.45, 2.75) is 19.9 Å². The molecule has 0 saturated heterocycles. The molecule has 1 atom stereocenters. The zero-order chi connectivity index (χ0) is 18.5. The number of carbonyl (C=O) groups excluding carboxylic acids is 1. The first-order chi connectivity index (χ1) is 12.5. The van der Waals surface area contributed by atoms with Crippen molar-refractivity contribution in [2.75, 3.05) is 31.7 Å². The van der Waals surface area contributed by atoms with Crippen molar-refractivity contribution in [1.82, 2.24) is 5.32 Å². The van der Waals surface area contributed by atoms with Gasteiger partial charge in [-0.3, -0.25) is 4.79 Å². The number of fused-ring (bicyclic) bond motifs is 1. The molecule has 2 aromatic carbocycles. The van der Waals surface area contributed by atoms with E-state index in [1.165, 1.54) is 0 Å². The molecule has 26 heavy (non-hydrogen) atoms. The number of para-hydroxylation sites is 1. The number of hydrogen-bond donors (Lipinski definition) is 1. The molecule has 0 fully saturated rings. The highest BCUT2D eigenvalue weighted by Gasteiger charge is 2.22. The van der Waals surface area contributed by atoms with E-state index in [9.17, 15) is 4.79 Å². The van der Waals surface area contributed by atoms with Gasteiger partial charge in [0.05, 0.1) is 12.6 Å². The third kappa shape index (κ3) is 4.28. The Morgan fingerprint density at radius 2 is 1.77 bits per heavy atom. The minimum Gasteiger partial charge on any atom is -0.486 e. The van der Waals surface area contributed by atoms with E-state index < -0.39 is 0 Å². The second kappa shape index (κ2) is 8.13. The summed E-state index contributed by atoms with van der Waals surface area (Å²) < 4.78 is 11.3. The zero-order valence-corrected chi connectivity index (χ0v) is 15.6. The fraction of sp³-hybridized carbons (Fsp3) is 0.381. The Hall–Kier alpha value is -2.69. The van der Waals surface area contributed by atoms with Crippen LogP contribution >= 0.6 is 0 Å². The van der Waals surface area contributed by atoms with Gasteiger partial charge in [-0.25, -0.2) is 0 Å². The third-order valence-corrected chi connectivity index (χ3v) is 4.49. The van der Waals surface area contributed by atoms with Crippen LogP contribution in [0.3, 0.4) is 0 Å². The summed E-state index contributed by atoms with van der Waals surface area (Å²) in [5, 5.41) is 3.16. The summed E-state index contributed by atoms with van der Waals surface area (Å²) >= 11 is 0. The van der Waals surface area contributed by atoms with E-state index in [1.54, 1.807) is 0 Å². The molecular formula is C21H26N2O3. The largest absolute Gasteiger partial charge is 0.486 e. The lowest BCUT2D eigenvalue weighted by Gasteiger charge is -2.27. The molecule has 0 aromatic heterocycles. The molecule has 3 rings (SSSR count). The van der Waals surface area contributed by atoms with Crippen LogP contribution in [0.25, 0.3) is 0 Å². The SMILES string of the molecule is CC(C)[C@H](NC(=O)CN(C)c1ccccc1)c1ccc2c(c1)OCCO2. The van der Waals surface area contributed by atoms with Crippen LogP contribution in [0.2, 0.25) is 0 Å². The lowest BCUT2D eigenvalue weighted by Crippen LogP contribution is -2.39. The molecule has 0 spiro atoms. The standard InChI is InChI=1S/C21H26N2O3/c1-15(2)21(16-9-10-18-19(13-16)26-12-11-25-18)22-20(24)14-23(3)17-7-5-4-6-8-17/h4-10,13,15,21H,11-12,14H2,1-3H3,(H,22,24)/t21-/m0/s1. The number of nitrogens with zero attached hydrogens (tertiary/aromatic N) is 1. The summed E-state index contributed by atoms with van der Waals surface area (Å²) in [5.41, 5.74) is 2.04. The Bertz CT molecular complexity index is 746. The number of carbonyl (C=O) groups is 1. The van der Waals surface area contributed by atoms with Crippen molar-refractivity contribution in [3.8, 4) is 11.5 Å². The number of ether oxygens (including phenoxy) is 2. The summed E-state index contributed by atoms with van der Waals surface area (Å²) in [4.78, 5) is 14.5. The molecule has 1 N–H and O–H groups in total. The van der Waals surface area contributed by atoms with Gasteiger partial charge in [0.2, 0.25) is 5.91 Å². The molecule has 0 aliphatic carbocycles. The van der Waals surface area contributed by atoms with Gasteiger partial charge in [0.1, 0.15) is 13.2 Å². The first-order valence-corrected chi connectivity index (χ1v) is 8.99. The summed E-state index contributed by atoms with van der Waals surface area (Å²) in [6, 6.07) is 15.7. The molecule has 1 heterocycles. The first-order valence-electron chi connectivity index (χ1n) is 8.99. The average Bonchev–Trinajstić information content (AvgIpc) is 2.66. The van der Waals surface area contributed by atoms with Gasteiger partial charge >= 0.3 is 0 Å². The molecule has 0 radical (unpaired) electrons. The summed E-state index contributed by atoms with van der Waals surface area (Å²) in [6.07, 6.45) is 0. The fourth-order valence-corrected chi connectivity index (χ4v) is 3.10. The van der Waals surface area contributed by atoms with Gasteiger partial charge < -0.3 is 19.7 Å². The number of benzene rings is 2. The lowest BCUT2D eigenvalue weighted by atomic mass is 9.95. The van der Waals surface area contributed by atoms with Gasteiger partial charge in [-0.1, -0.05) is 38.1 Å². The van der Waals surface area contributed by atoms with Gasteiger partial charge in [0.25, 0.3) is 0 Å². The number of rotatable bonds is 6. The van der Waals surface area contributed by atoms with Crippen LogP contribution in [0.1, 0.15) is 25.5 Å². The van der Waals surface area contributed by atoms with Crippen LogP contribution in [0.15, 0.2) is 48.5 Å². The van der Waals surface area contributed by atoms with Crippen LogP contribution in [0.5, 0.6) is 11.5 Å². The highest BCUT2D eigenvalue weighted by atomic mass is 16.6.